The van der Waals surface area contributed by atoms with Gasteiger partial charge in [-0.15, -0.1) is 0 Å². The van der Waals surface area contributed by atoms with Crippen LogP contribution in [0.2, 0.25) is 0 Å². The molecule has 3 aromatic rings. The lowest BCUT2D eigenvalue weighted by Gasteiger charge is -2.25. The number of fused-ring (bicyclic) bond motifs is 1. The summed E-state index contributed by atoms with van der Waals surface area (Å²) in [6.45, 7) is 5.79. The van der Waals surface area contributed by atoms with Gasteiger partial charge in [-0.3, -0.25) is 4.90 Å². The van der Waals surface area contributed by atoms with Crippen molar-refractivity contribution in [3.05, 3.63) is 59.7 Å². The number of aryl methyl sites for hydroxylation is 1. The summed E-state index contributed by atoms with van der Waals surface area (Å²) in [5, 5.41) is 0. The molecular weight excluding hydrogens is 317 g/mol. The Kier molecular flexibility index (Phi) is 4.36. The molecule has 0 atom stereocenters. The summed E-state index contributed by atoms with van der Waals surface area (Å²) in [6, 6.07) is 6.56. The van der Waals surface area contributed by atoms with Gasteiger partial charge in [-0.05, 0) is 18.6 Å². The van der Waals surface area contributed by atoms with Gasteiger partial charge in [0.15, 0.2) is 0 Å². The van der Waals surface area contributed by atoms with Crippen molar-refractivity contribution in [3.63, 3.8) is 0 Å². The van der Waals surface area contributed by atoms with Gasteiger partial charge in [0.2, 0.25) is 0 Å². The molecule has 1 N–H and O–H groups in total. The molecule has 0 saturated carbocycles. The highest BCUT2D eigenvalue weighted by Crippen LogP contribution is 2.24. The molecule has 3 heterocycles. The van der Waals surface area contributed by atoms with Gasteiger partial charge in [0, 0.05) is 44.0 Å². The lowest BCUT2D eigenvalue weighted by Crippen LogP contribution is -2.31. The van der Waals surface area contributed by atoms with Crippen molar-refractivity contribution < 1.29 is 4.39 Å². The molecule has 0 unspecified atom stereocenters. The van der Waals surface area contributed by atoms with E-state index >= 15 is 0 Å². The Hall–Kier alpha value is -2.47. The zero-order chi connectivity index (χ0) is 17.2. The Morgan fingerprint density at radius 3 is 3.08 bits per heavy atom. The van der Waals surface area contributed by atoms with Crippen LogP contribution < -0.4 is 0 Å². The van der Waals surface area contributed by atoms with Crippen molar-refractivity contribution in [3.8, 4) is 11.4 Å². The van der Waals surface area contributed by atoms with E-state index in [1.54, 1.807) is 6.07 Å². The Morgan fingerprint density at radius 2 is 2.24 bits per heavy atom. The molecule has 4 rings (SSSR count). The maximum atomic E-state index is 13.5. The number of hydrogen-bond acceptors (Lipinski definition) is 3. The maximum Gasteiger partial charge on any atom is 0.137 e. The number of H-pyrrole nitrogens is 1. The van der Waals surface area contributed by atoms with E-state index in [-0.39, 0.29) is 5.82 Å². The number of nitrogens with one attached hydrogen (secondary N) is 1. The molecule has 5 nitrogen and oxygen atoms in total. The van der Waals surface area contributed by atoms with Crippen LogP contribution in [-0.2, 0) is 26.1 Å². The molecule has 0 saturated heterocycles. The molecule has 1 aliphatic heterocycles. The van der Waals surface area contributed by atoms with Crippen LogP contribution in [0, 0.1) is 5.82 Å². The molecule has 1 aliphatic rings. The van der Waals surface area contributed by atoms with Gasteiger partial charge in [-0.2, -0.15) is 0 Å². The third-order valence-electron chi connectivity index (χ3n) is 4.64. The van der Waals surface area contributed by atoms with Crippen LogP contribution in [0.15, 0.2) is 36.7 Å². The van der Waals surface area contributed by atoms with Gasteiger partial charge in [-0.1, -0.05) is 19.1 Å². The fraction of sp³-hybridized carbons (Fsp3) is 0.368. The number of imidazole rings is 2. The SMILES string of the molecule is CCCn1ccnc1CN1CCc2nc(-c3cccc(F)c3)[nH]c2C1. The number of nitrogens with zero attached hydrogens (tertiary/aromatic N) is 4. The average molecular weight is 339 g/mol. The number of aromatic nitrogens is 4. The molecule has 25 heavy (non-hydrogen) atoms. The quantitative estimate of drug-likeness (QED) is 0.775. The van der Waals surface area contributed by atoms with Crippen molar-refractivity contribution in [2.24, 2.45) is 0 Å². The van der Waals surface area contributed by atoms with Crippen molar-refractivity contribution in [1.82, 2.24) is 24.4 Å². The standard InChI is InChI=1S/C19H22FN5/c1-2-8-25-10-7-21-18(25)13-24-9-6-16-17(12-24)23-19(22-16)14-4-3-5-15(20)11-14/h3-5,7,10-11H,2,6,8-9,12-13H2,1H3,(H,22,23). The number of hydrogen-bond donors (Lipinski definition) is 1. The molecule has 1 aromatic carbocycles. The Labute approximate surface area is 146 Å². The van der Waals surface area contributed by atoms with E-state index in [0.717, 1.165) is 67.6 Å². The van der Waals surface area contributed by atoms with Crippen LogP contribution in [0.3, 0.4) is 0 Å². The summed E-state index contributed by atoms with van der Waals surface area (Å²) in [6.07, 6.45) is 5.92. The van der Waals surface area contributed by atoms with Crippen LogP contribution in [-0.4, -0.2) is 31.0 Å². The average Bonchev–Trinajstić information content (AvgIpc) is 3.22. The topological polar surface area (TPSA) is 49.7 Å². The highest BCUT2D eigenvalue weighted by molar-refractivity contribution is 5.56. The number of halogens is 1. The van der Waals surface area contributed by atoms with E-state index in [1.807, 2.05) is 18.5 Å². The van der Waals surface area contributed by atoms with E-state index in [9.17, 15) is 4.39 Å². The monoisotopic (exact) mass is 339 g/mol. The smallest absolute Gasteiger partial charge is 0.137 e. The van der Waals surface area contributed by atoms with E-state index in [2.05, 4.69) is 31.3 Å². The first-order chi connectivity index (χ1) is 12.2. The number of rotatable bonds is 5. The van der Waals surface area contributed by atoms with Gasteiger partial charge < -0.3 is 9.55 Å². The van der Waals surface area contributed by atoms with Gasteiger partial charge in [0.1, 0.15) is 17.5 Å². The molecule has 0 fully saturated rings. The summed E-state index contributed by atoms with van der Waals surface area (Å²) in [4.78, 5) is 14.9. The second kappa shape index (κ2) is 6.80. The highest BCUT2D eigenvalue weighted by atomic mass is 19.1. The molecule has 0 radical (unpaired) electrons. The first-order valence-corrected chi connectivity index (χ1v) is 8.79. The van der Waals surface area contributed by atoms with E-state index in [0.29, 0.717) is 0 Å². The second-order valence-corrected chi connectivity index (χ2v) is 6.52. The van der Waals surface area contributed by atoms with Gasteiger partial charge in [-0.25, -0.2) is 14.4 Å². The van der Waals surface area contributed by atoms with Crippen molar-refractivity contribution >= 4 is 0 Å². The lowest BCUT2D eigenvalue weighted by atomic mass is 10.1. The summed E-state index contributed by atoms with van der Waals surface area (Å²) < 4.78 is 15.7. The third-order valence-corrected chi connectivity index (χ3v) is 4.64. The minimum Gasteiger partial charge on any atom is -0.341 e. The maximum absolute atomic E-state index is 13.5. The van der Waals surface area contributed by atoms with Crippen LogP contribution in [0.4, 0.5) is 4.39 Å². The van der Waals surface area contributed by atoms with Gasteiger partial charge in [0.25, 0.3) is 0 Å². The van der Waals surface area contributed by atoms with Crippen LogP contribution in [0.5, 0.6) is 0 Å². The molecule has 130 valence electrons. The molecule has 0 bridgehead atoms. The fourth-order valence-corrected chi connectivity index (χ4v) is 3.39. The Balaban J connectivity index is 1.51. The van der Waals surface area contributed by atoms with Crippen LogP contribution in [0.25, 0.3) is 11.4 Å². The van der Waals surface area contributed by atoms with E-state index < -0.39 is 0 Å². The second-order valence-electron chi connectivity index (χ2n) is 6.52. The fourth-order valence-electron chi connectivity index (χ4n) is 3.39. The summed E-state index contributed by atoms with van der Waals surface area (Å²) >= 11 is 0. The minimum absolute atomic E-state index is 0.240. The van der Waals surface area contributed by atoms with Crippen molar-refractivity contribution in [2.45, 2.75) is 39.4 Å². The van der Waals surface area contributed by atoms with E-state index in [4.69, 9.17) is 0 Å². The third kappa shape index (κ3) is 3.35. The predicted octanol–water partition coefficient (Wildman–Crippen LogP) is 3.38. The molecule has 0 aliphatic carbocycles. The number of benzene rings is 1. The molecular formula is C19H22FN5. The van der Waals surface area contributed by atoms with Crippen LogP contribution >= 0.6 is 0 Å². The minimum atomic E-state index is -0.240. The largest absolute Gasteiger partial charge is 0.341 e. The van der Waals surface area contributed by atoms with Crippen molar-refractivity contribution in [2.75, 3.05) is 6.54 Å². The highest BCUT2D eigenvalue weighted by Gasteiger charge is 2.22. The molecule has 2 aromatic heterocycles. The molecule has 0 spiro atoms. The normalized spacial score (nSPS) is 14.6. The summed E-state index contributed by atoms with van der Waals surface area (Å²) in [7, 11) is 0. The first-order valence-electron chi connectivity index (χ1n) is 8.79. The zero-order valence-corrected chi connectivity index (χ0v) is 14.4. The molecule has 0 amide bonds. The predicted molar refractivity (Wildman–Crippen MR) is 94.3 cm³/mol. The summed E-state index contributed by atoms with van der Waals surface area (Å²) in [5.41, 5.74) is 3.01. The summed E-state index contributed by atoms with van der Waals surface area (Å²) in [5.74, 6) is 1.62. The molecule has 6 heteroatoms. The number of aromatic amines is 1. The first kappa shape index (κ1) is 16.0. The van der Waals surface area contributed by atoms with Gasteiger partial charge in [0.05, 0.1) is 17.9 Å². The van der Waals surface area contributed by atoms with Crippen LogP contribution in [0.1, 0.15) is 30.6 Å². The Bertz CT molecular complexity index is 866. The van der Waals surface area contributed by atoms with Gasteiger partial charge >= 0.3 is 0 Å². The lowest BCUT2D eigenvalue weighted by molar-refractivity contribution is 0.232. The Morgan fingerprint density at radius 1 is 1.32 bits per heavy atom. The van der Waals surface area contributed by atoms with E-state index in [1.165, 1.54) is 12.1 Å². The zero-order valence-electron chi connectivity index (χ0n) is 14.4. The van der Waals surface area contributed by atoms with Crippen molar-refractivity contribution in [1.29, 1.82) is 0 Å².